The molecule has 0 aliphatic carbocycles. The van der Waals surface area contributed by atoms with Gasteiger partial charge in [0.2, 0.25) is 0 Å². The van der Waals surface area contributed by atoms with Gasteiger partial charge in [0, 0.05) is 15.7 Å². The molecule has 0 aliphatic heterocycles. The van der Waals surface area contributed by atoms with E-state index in [-0.39, 0.29) is 0 Å². The van der Waals surface area contributed by atoms with Gasteiger partial charge in [0.1, 0.15) is 5.75 Å². The fourth-order valence-electron chi connectivity index (χ4n) is 1.37. The molecule has 0 unspecified atom stereocenters. The highest BCUT2D eigenvalue weighted by atomic mass is 32.2. The van der Waals surface area contributed by atoms with E-state index in [2.05, 4.69) is 6.26 Å². The molecular formula is C10H11NOS2. The van der Waals surface area contributed by atoms with E-state index in [0.717, 1.165) is 16.8 Å². The van der Waals surface area contributed by atoms with Gasteiger partial charge in [-0.1, -0.05) is 0 Å². The van der Waals surface area contributed by atoms with Crippen LogP contribution >= 0.6 is 23.1 Å². The summed E-state index contributed by atoms with van der Waals surface area (Å²) in [5, 5.41) is 3.07. The van der Waals surface area contributed by atoms with Crippen molar-refractivity contribution in [2.75, 3.05) is 19.1 Å². The van der Waals surface area contributed by atoms with E-state index in [0.29, 0.717) is 0 Å². The lowest BCUT2D eigenvalue weighted by atomic mass is 10.2. The van der Waals surface area contributed by atoms with Crippen molar-refractivity contribution < 1.29 is 4.74 Å². The molecule has 0 saturated heterocycles. The van der Waals surface area contributed by atoms with E-state index in [4.69, 9.17) is 10.5 Å². The summed E-state index contributed by atoms with van der Waals surface area (Å²) in [5.41, 5.74) is 6.70. The third-order valence-corrected chi connectivity index (χ3v) is 4.04. The smallest absolute Gasteiger partial charge is 0.120 e. The maximum atomic E-state index is 5.87. The highest BCUT2D eigenvalue weighted by molar-refractivity contribution is 7.99. The van der Waals surface area contributed by atoms with Gasteiger partial charge in [-0.3, -0.25) is 0 Å². The van der Waals surface area contributed by atoms with E-state index in [1.165, 1.54) is 9.60 Å². The van der Waals surface area contributed by atoms with Crippen LogP contribution in [-0.4, -0.2) is 13.4 Å². The third-order valence-electron chi connectivity index (χ3n) is 2.10. The molecule has 0 spiro atoms. The second-order valence-corrected chi connectivity index (χ2v) is 4.63. The molecular weight excluding hydrogens is 214 g/mol. The molecule has 1 heterocycles. The van der Waals surface area contributed by atoms with Crippen molar-refractivity contribution in [2.24, 2.45) is 0 Å². The zero-order valence-corrected chi connectivity index (χ0v) is 9.67. The third kappa shape index (κ3) is 1.44. The number of fused-ring (bicyclic) bond motifs is 1. The molecule has 0 aliphatic rings. The van der Waals surface area contributed by atoms with Crippen molar-refractivity contribution in [3.05, 3.63) is 17.5 Å². The van der Waals surface area contributed by atoms with Gasteiger partial charge in [-0.2, -0.15) is 0 Å². The Morgan fingerprint density at radius 1 is 1.43 bits per heavy atom. The SMILES string of the molecule is COc1cc(SC)c2scc(N)c2c1. The minimum absolute atomic E-state index is 0.833. The molecule has 2 N–H and O–H groups in total. The molecule has 2 nitrogen and oxygen atoms in total. The van der Waals surface area contributed by atoms with Gasteiger partial charge in [-0.05, 0) is 18.4 Å². The first-order valence-corrected chi connectivity index (χ1v) is 6.25. The normalized spacial score (nSPS) is 10.7. The molecule has 74 valence electrons. The molecule has 0 radical (unpaired) electrons. The van der Waals surface area contributed by atoms with Crippen LogP contribution in [0.4, 0.5) is 5.69 Å². The Bertz CT molecular complexity index is 464. The summed E-state index contributed by atoms with van der Waals surface area (Å²) >= 11 is 3.40. The van der Waals surface area contributed by atoms with Crippen molar-refractivity contribution in [1.82, 2.24) is 0 Å². The van der Waals surface area contributed by atoms with Crippen molar-refractivity contribution in [2.45, 2.75) is 4.90 Å². The lowest BCUT2D eigenvalue weighted by Crippen LogP contribution is -1.85. The van der Waals surface area contributed by atoms with Crippen molar-refractivity contribution in [3.8, 4) is 5.75 Å². The molecule has 0 fully saturated rings. The number of anilines is 1. The Kier molecular flexibility index (Phi) is 2.56. The summed E-state index contributed by atoms with van der Waals surface area (Å²) in [5.74, 6) is 0.868. The molecule has 0 amide bonds. The second-order valence-electron chi connectivity index (χ2n) is 2.90. The highest BCUT2D eigenvalue weighted by Gasteiger charge is 2.08. The summed E-state index contributed by atoms with van der Waals surface area (Å²) in [6.07, 6.45) is 2.06. The molecule has 0 bridgehead atoms. The monoisotopic (exact) mass is 225 g/mol. The molecule has 2 rings (SSSR count). The largest absolute Gasteiger partial charge is 0.497 e. The first kappa shape index (κ1) is 9.68. The number of hydrogen-bond acceptors (Lipinski definition) is 4. The maximum Gasteiger partial charge on any atom is 0.120 e. The molecule has 0 atom stereocenters. The Morgan fingerprint density at radius 3 is 2.86 bits per heavy atom. The molecule has 14 heavy (non-hydrogen) atoms. The van der Waals surface area contributed by atoms with Crippen LogP contribution in [0.1, 0.15) is 0 Å². The number of rotatable bonds is 2. The number of thiophene rings is 1. The van der Waals surface area contributed by atoms with Gasteiger partial charge < -0.3 is 10.5 Å². The first-order chi connectivity index (χ1) is 6.76. The Labute approximate surface area is 91.1 Å². The number of thioether (sulfide) groups is 1. The standard InChI is InChI=1S/C10H11NOS2/c1-12-6-3-7-8(11)5-14-10(7)9(4-6)13-2/h3-5H,11H2,1-2H3. The lowest BCUT2D eigenvalue weighted by molar-refractivity contribution is 0.414. The predicted octanol–water partition coefficient (Wildman–Crippen LogP) is 3.21. The van der Waals surface area contributed by atoms with E-state index >= 15 is 0 Å². The maximum absolute atomic E-state index is 5.87. The van der Waals surface area contributed by atoms with Crippen molar-refractivity contribution >= 4 is 38.9 Å². The minimum Gasteiger partial charge on any atom is -0.497 e. The van der Waals surface area contributed by atoms with Crippen LogP contribution in [0.25, 0.3) is 10.1 Å². The quantitative estimate of drug-likeness (QED) is 0.797. The number of benzene rings is 1. The Morgan fingerprint density at radius 2 is 2.21 bits per heavy atom. The second kappa shape index (κ2) is 3.71. The number of ether oxygens (including phenoxy) is 1. The molecule has 1 aromatic carbocycles. The van der Waals surface area contributed by atoms with Crippen LogP contribution < -0.4 is 10.5 Å². The summed E-state index contributed by atoms with van der Waals surface area (Å²) in [7, 11) is 1.67. The average Bonchev–Trinajstić information content (AvgIpc) is 2.59. The van der Waals surface area contributed by atoms with E-state index in [1.807, 2.05) is 17.5 Å². The molecule has 1 aromatic heterocycles. The fourth-order valence-corrected chi connectivity index (χ4v) is 3.14. The Hall–Kier alpha value is -0.870. The van der Waals surface area contributed by atoms with E-state index < -0.39 is 0 Å². The van der Waals surface area contributed by atoms with Gasteiger partial charge in [0.05, 0.1) is 17.5 Å². The summed E-state index contributed by atoms with van der Waals surface area (Å²) < 4.78 is 6.47. The minimum atomic E-state index is 0.833. The van der Waals surface area contributed by atoms with E-state index in [9.17, 15) is 0 Å². The highest BCUT2D eigenvalue weighted by Crippen LogP contribution is 2.38. The van der Waals surface area contributed by atoms with Crippen LogP contribution in [0, 0.1) is 0 Å². The number of nitrogens with two attached hydrogens (primary N) is 1. The van der Waals surface area contributed by atoms with Crippen LogP contribution in [0.15, 0.2) is 22.4 Å². The zero-order chi connectivity index (χ0) is 10.1. The van der Waals surface area contributed by atoms with E-state index in [1.54, 1.807) is 30.2 Å². The summed E-state index contributed by atoms with van der Waals surface area (Å²) in [6.45, 7) is 0. The number of hydrogen-bond donors (Lipinski definition) is 1. The van der Waals surface area contributed by atoms with Crippen LogP contribution in [0.3, 0.4) is 0 Å². The van der Waals surface area contributed by atoms with Gasteiger partial charge in [-0.25, -0.2) is 0 Å². The van der Waals surface area contributed by atoms with Crippen LogP contribution in [0.5, 0.6) is 5.75 Å². The van der Waals surface area contributed by atoms with Gasteiger partial charge in [0.15, 0.2) is 0 Å². The zero-order valence-electron chi connectivity index (χ0n) is 8.03. The number of nitrogen functional groups attached to an aromatic ring is 1. The summed E-state index contributed by atoms with van der Waals surface area (Å²) in [6, 6.07) is 4.03. The topological polar surface area (TPSA) is 35.2 Å². The molecule has 2 aromatic rings. The first-order valence-electron chi connectivity index (χ1n) is 4.15. The van der Waals surface area contributed by atoms with Gasteiger partial charge in [-0.15, -0.1) is 23.1 Å². The molecule has 0 saturated carbocycles. The van der Waals surface area contributed by atoms with Gasteiger partial charge >= 0.3 is 0 Å². The number of methoxy groups -OCH3 is 1. The Balaban J connectivity index is 2.76. The molecule has 4 heteroatoms. The van der Waals surface area contributed by atoms with Crippen molar-refractivity contribution in [1.29, 1.82) is 0 Å². The average molecular weight is 225 g/mol. The predicted molar refractivity (Wildman–Crippen MR) is 64.6 cm³/mol. The fraction of sp³-hybridized carbons (Fsp3) is 0.200. The lowest BCUT2D eigenvalue weighted by Gasteiger charge is -2.04. The summed E-state index contributed by atoms with van der Waals surface area (Å²) in [4.78, 5) is 1.22. The van der Waals surface area contributed by atoms with Crippen LogP contribution in [-0.2, 0) is 0 Å². The van der Waals surface area contributed by atoms with Crippen LogP contribution in [0.2, 0.25) is 0 Å². The van der Waals surface area contributed by atoms with Gasteiger partial charge in [0.25, 0.3) is 0 Å². The van der Waals surface area contributed by atoms with Crippen molar-refractivity contribution in [3.63, 3.8) is 0 Å².